The first-order chi connectivity index (χ1) is 26.7. The summed E-state index contributed by atoms with van der Waals surface area (Å²) in [5.74, 6) is 1.76. The first-order valence-electron chi connectivity index (χ1n) is 18.0. The van der Waals surface area contributed by atoms with Crippen molar-refractivity contribution in [3.8, 4) is 56.4 Å². The molecular weight excluding hydrogens is 663 g/mol. The molecule has 0 amide bonds. The first-order valence-corrected chi connectivity index (χ1v) is 18.0. The van der Waals surface area contributed by atoms with Gasteiger partial charge < -0.3 is 8.83 Å². The zero-order valence-corrected chi connectivity index (χ0v) is 28.9. The van der Waals surface area contributed by atoms with E-state index < -0.39 is 0 Å². The fourth-order valence-electron chi connectivity index (χ4n) is 7.81. The van der Waals surface area contributed by atoms with Gasteiger partial charge in [0.2, 0.25) is 0 Å². The van der Waals surface area contributed by atoms with Gasteiger partial charge in [-0.3, -0.25) is 0 Å². The molecule has 0 N–H and O–H groups in total. The van der Waals surface area contributed by atoms with Crippen LogP contribution in [0.3, 0.4) is 0 Å². The fraction of sp³-hybridized carbons (Fsp3) is 0. The molecule has 0 unspecified atom stereocenters. The largest absolute Gasteiger partial charge is 0.456 e. The number of fused-ring (bicyclic) bond motifs is 7. The van der Waals surface area contributed by atoms with Crippen molar-refractivity contribution in [2.45, 2.75) is 0 Å². The summed E-state index contributed by atoms with van der Waals surface area (Å²) >= 11 is 0. The lowest BCUT2D eigenvalue weighted by atomic mass is 9.94. The highest BCUT2D eigenvalue weighted by atomic mass is 16.3. The maximum absolute atomic E-state index is 6.49. The SMILES string of the molecule is c1ccc(-c2nc(-c3ccccc3-c3cccc4oc5ccc(-c6ccc7ccccc7c6)cc5c34)nc(-c3cccc4oc5ccccc5c34)n2)cc1. The summed E-state index contributed by atoms with van der Waals surface area (Å²) in [6.45, 7) is 0. The smallest absolute Gasteiger partial charge is 0.164 e. The quantitative estimate of drug-likeness (QED) is 0.180. The lowest BCUT2D eigenvalue weighted by molar-refractivity contribution is 0.668. The van der Waals surface area contributed by atoms with Crippen LogP contribution in [0.15, 0.2) is 185 Å². The minimum Gasteiger partial charge on any atom is -0.456 e. The molecule has 252 valence electrons. The Hall–Kier alpha value is -7.37. The molecule has 0 radical (unpaired) electrons. The average Bonchev–Trinajstić information content (AvgIpc) is 3.82. The van der Waals surface area contributed by atoms with Gasteiger partial charge in [-0.15, -0.1) is 0 Å². The van der Waals surface area contributed by atoms with Gasteiger partial charge in [-0.05, 0) is 69.4 Å². The normalized spacial score (nSPS) is 11.7. The molecule has 0 fully saturated rings. The summed E-state index contributed by atoms with van der Waals surface area (Å²) < 4.78 is 12.8. The van der Waals surface area contributed by atoms with Gasteiger partial charge >= 0.3 is 0 Å². The Bertz CT molecular complexity index is 3230. The van der Waals surface area contributed by atoms with Gasteiger partial charge in [-0.25, -0.2) is 15.0 Å². The zero-order valence-electron chi connectivity index (χ0n) is 28.9. The molecule has 11 aromatic rings. The van der Waals surface area contributed by atoms with Crippen LogP contribution in [0, 0.1) is 0 Å². The molecule has 5 nitrogen and oxygen atoms in total. The summed E-state index contributed by atoms with van der Waals surface area (Å²) in [6, 6.07) is 60.4. The third kappa shape index (κ3) is 4.90. The summed E-state index contributed by atoms with van der Waals surface area (Å²) in [5.41, 5.74) is 10.3. The van der Waals surface area contributed by atoms with Crippen molar-refractivity contribution >= 4 is 54.6 Å². The van der Waals surface area contributed by atoms with E-state index in [-0.39, 0.29) is 0 Å². The van der Waals surface area contributed by atoms with E-state index in [1.807, 2.05) is 72.8 Å². The van der Waals surface area contributed by atoms with Crippen molar-refractivity contribution in [2.24, 2.45) is 0 Å². The number of furan rings is 2. The monoisotopic (exact) mass is 691 g/mol. The zero-order chi connectivity index (χ0) is 35.6. The highest BCUT2D eigenvalue weighted by molar-refractivity contribution is 6.15. The van der Waals surface area contributed by atoms with E-state index in [0.29, 0.717) is 17.5 Å². The van der Waals surface area contributed by atoms with Crippen molar-refractivity contribution in [1.29, 1.82) is 0 Å². The summed E-state index contributed by atoms with van der Waals surface area (Å²) in [5, 5.41) is 6.55. The van der Waals surface area contributed by atoms with Crippen LogP contribution in [0.1, 0.15) is 0 Å². The number of aromatic nitrogens is 3. The first kappa shape index (κ1) is 30.3. The van der Waals surface area contributed by atoms with E-state index in [0.717, 1.165) is 82.8 Å². The van der Waals surface area contributed by atoms with Gasteiger partial charge in [0.1, 0.15) is 22.3 Å². The minimum absolute atomic E-state index is 0.581. The average molecular weight is 692 g/mol. The highest BCUT2D eigenvalue weighted by Crippen LogP contribution is 2.42. The third-order valence-electron chi connectivity index (χ3n) is 10.3. The van der Waals surface area contributed by atoms with Gasteiger partial charge in [0.05, 0.1) is 0 Å². The van der Waals surface area contributed by atoms with Crippen molar-refractivity contribution in [3.63, 3.8) is 0 Å². The number of nitrogens with zero attached hydrogens (tertiary/aromatic N) is 3. The van der Waals surface area contributed by atoms with Crippen LogP contribution < -0.4 is 0 Å². The minimum atomic E-state index is 0.581. The Morgan fingerprint density at radius 3 is 1.69 bits per heavy atom. The fourth-order valence-corrected chi connectivity index (χ4v) is 7.81. The van der Waals surface area contributed by atoms with E-state index in [2.05, 4.69) is 103 Å². The molecule has 3 heterocycles. The summed E-state index contributed by atoms with van der Waals surface area (Å²) in [6.07, 6.45) is 0. The van der Waals surface area contributed by atoms with Crippen LogP contribution in [0.5, 0.6) is 0 Å². The number of rotatable bonds is 5. The predicted octanol–water partition coefficient (Wildman–Crippen LogP) is 13.2. The van der Waals surface area contributed by atoms with Crippen LogP contribution in [-0.4, -0.2) is 15.0 Å². The second kappa shape index (κ2) is 12.1. The van der Waals surface area contributed by atoms with Crippen LogP contribution in [0.25, 0.3) is 111 Å². The Balaban J connectivity index is 1.13. The maximum atomic E-state index is 6.49. The molecule has 0 aliphatic heterocycles. The number of para-hydroxylation sites is 1. The molecule has 5 heteroatoms. The topological polar surface area (TPSA) is 65.0 Å². The van der Waals surface area contributed by atoms with Gasteiger partial charge in [0.15, 0.2) is 17.5 Å². The van der Waals surface area contributed by atoms with Crippen molar-refractivity contribution in [3.05, 3.63) is 176 Å². The molecule has 54 heavy (non-hydrogen) atoms. The lowest BCUT2D eigenvalue weighted by Gasteiger charge is -2.13. The highest BCUT2D eigenvalue weighted by Gasteiger charge is 2.21. The molecule has 0 aliphatic rings. The molecule has 0 spiro atoms. The molecule has 3 aromatic heterocycles. The van der Waals surface area contributed by atoms with E-state index in [9.17, 15) is 0 Å². The molecule has 8 aromatic carbocycles. The van der Waals surface area contributed by atoms with E-state index in [4.69, 9.17) is 23.8 Å². The number of hydrogen-bond acceptors (Lipinski definition) is 5. The molecular formula is C49H29N3O2. The van der Waals surface area contributed by atoms with Crippen LogP contribution in [0.4, 0.5) is 0 Å². The predicted molar refractivity (Wildman–Crippen MR) is 219 cm³/mol. The van der Waals surface area contributed by atoms with E-state index in [1.54, 1.807) is 0 Å². The van der Waals surface area contributed by atoms with Crippen molar-refractivity contribution < 1.29 is 8.83 Å². The molecule has 0 aliphatic carbocycles. The van der Waals surface area contributed by atoms with Crippen LogP contribution in [-0.2, 0) is 0 Å². The van der Waals surface area contributed by atoms with Gasteiger partial charge in [0, 0.05) is 38.2 Å². The summed E-state index contributed by atoms with van der Waals surface area (Å²) in [7, 11) is 0. The van der Waals surface area contributed by atoms with E-state index >= 15 is 0 Å². The van der Waals surface area contributed by atoms with Crippen molar-refractivity contribution in [1.82, 2.24) is 15.0 Å². The second-order valence-corrected chi connectivity index (χ2v) is 13.5. The maximum Gasteiger partial charge on any atom is 0.164 e. The Morgan fingerprint density at radius 2 is 0.852 bits per heavy atom. The third-order valence-corrected chi connectivity index (χ3v) is 10.3. The van der Waals surface area contributed by atoms with Gasteiger partial charge in [0.25, 0.3) is 0 Å². The Labute approximate surface area is 309 Å². The molecule has 0 saturated carbocycles. The van der Waals surface area contributed by atoms with Crippen LogP contribution in [0.2, 0.25) is 0 Å². The van der Waals surface area contributed by atoms with E-state index in [1.165, 1.54) is 10.8 Å². The molecule has 0 bridgehead atoms. The second-order valence-electron chi connectivity index (χ2n) is 13.5. The lowest BCUT2D eigenvalue weighted by Crippen LogP contribution is -2.01. The van der Waals surface area contributed by atoms with Crippen molar-refractivity contribution in [2.75, 3.05) is 0 Å². The number of benzene rings is 8. The Morgan fingerprint density at radius 1 is 0.296 bits per heavy atom. The summed E-state index contributed by atoms with van der Waals surface area (Å²) in [4.78, 5) is 15.5. The van der Waals surface area contributed by atoms with Gasteiger partial charge in [-0.1, -0.05) is 140 Å². The Kier molecular flexibility index (Phi) is 6.79. The molecule has 11 rings (SSSR count). The van der Waals surface area contributed by atoms with Crippen LogP contribution >= 0.6 is 0 Å². The molecule has 0 saturated heterocycles. The standard InChI is InChI=1S/C49H29N3O2/c1-2-13-31(14-3-1)47-50-48(52-49(51-47)39-20-11-23-44-46(39)38-18-8-9-21-41(38)53-44)37-17-7-6-16-35(37)36-19-10-22-43-45(36)40-29-34(26-27-42(40)54-43)33-25-24-30-12-4-5-15-32(30)28-33/h1-29H. The number of hydrogen-bond donors (Lipinski definition) is 0. The molecule has 0 atom stereocenters. The van der Waals surface area contributed by atoms with Gasteiger partial charge in [-0.2, -0.15) is 0 Å².